The summed E-state index contributed by atoms with van der Waals surface area (Å²) in [6.45, 7) is 2.89. The molecule has 1 aliphatic rings. The summed E-state index contributed by atoms with van der Waals surface area (Å²) < 4.78 is 6.26. The Morgan fingerprint density at radius 1 is 1.53 bits per heavy atom. The average molecular weight is 299 g/mol. The summed E-state index contributed by atoms with van der Waals surface area (Å²) in [7, 11) is 0. The predicted molar refractivity (Wildman–Crippen MR) is 68.1 cm³/mol. The zero-order chi connectivity index (χ0) is 12.5. The van der Waals surface area contributed by atoms with Gasteiger partial charge in [-0.1, -0.05) is 41.1 Å². The molecule has 17 heavy (non-hydrogen) atoms. The van der Waals surface area contributed by atoms with E-state index in [0.29, 0.717) is 19.6 Å². The second kappa shape index (κ2) is 4.78. The Morgan fingerprint density at radius 3 is 2.59 bits per heavy atom. The molecule has 1 heterocycles. The van der Waals surface area contributed by atoms with Crippen LogP contribution in [0.1, 0.15) is 18.9 Å². The van der Waals surface area contributed by atoms with Gasteiger partial charge in [0, 0.05) is 4.47 Å². The van der Waals surface area contributed by atoms with Crippen molar-refractivity contribution in [3.63, 3.8) is 0 Å². The zero-order valence-electron chi connectivity index (χ0n) is 9.65. The Balaban J connectivity index is 2.44. The van der Waals surface area contributed by atoms with E-state index in [4.69, 9.17) is 4.74 Å². The molecule has 1 saturated heterocycles. The van der Waals surface area contributed by atoms with Gasteiger partial charge in [0.15, 0.2) is 0 Å². The summed E-state index contributed by atoms with van der Waals surface area (Å²) in [5.41, 5.74) is 0.668. The number of carbonyl (C=O) groups is 1. The van der Waals surface area contributed by atoms with Gasteiger partial charge < -0.3 is 9.84 Å². The van der Waals surface area contributed by atoms with Crippen LogP contribution in [-0.4, -0.2) is 24.3 Å². The first-order valence-corrected chi connectivity index (χ1v) is 6.46. The number of carboxylic acids is 1. The zero-order valence-corrected chi connectivity index (χ0v) is 11.2. The van der Waals surface area contributed by atoms with Crippen LogP contribution in [-0.2, 0) is 14.9 Å². The van der Waals surface area contributed by atoms with Gasteiger partial charge in [0.25, 0.3) is 0 Å². The smallest absolute Gasteiger partial charge is 0.307 e. The second-order valence-corrected chi connectivity index (χ2v) is 5.28. The van der Waals surface area contributed by atoms with Crippen molar-refractivity contribution in [1.29, 1.82) is 0 Å². The van der Waals surface area contributed by atoms with Crippen molar-refractivity contribution in [3.8, 4) is 0 Å². The molecular weight excluding hydrogens is 284 g/mol. The molecule has 0 spiro atoms. The van der Waals surface area contributed by atoms with E-state index in [1.54, 1.807) is 0 Å². The van der Waals surface area contributed by atoms with Crippen LogP contribution < -0.4 is 0 Å². The number of rotatable bonds is 4. The fraction of sp³-hybridized carbons (Fsp3) is 0.462. The van der Waals surface area contributed by atoms with Crippen molar-refractivity contribution in [2.24, 2.45) is 5.92 Å². The maximum Gasteiger partial charge on any atom is 0.307 e. The van der Waals surface area contributed by atoms with E-state index >= 15 is 0 Å². The van der Waals surface area contributed by atoms with Gasteiger partial charge >= 0.3 is 5.97 Å². The van der Waals surface area contributed by atoms with Crippen LogP contribution in [0.25, 0.3) is 0 Å². The Morgan fingerprint density at radius 2 is 2.18 bits per heavy atom. The van der Waals surface area contributed by atoms with E-state index < -0.39 is 11.9 Å². The van der Waals surface area contributed by atoms with Crippen LogP contribution >= 0.6 is 15.9 Å². The van der Waals surface area contributed by atoms with Crippen LogP contribution in [0.3, 0.4) is 0 Å². The molecule has 1 fully saturated rings. The minimum Gasteiger partial charge on any atom is -0.481 e. The van der Waals surface area contributed by atoms with Gasteiger partial charge in [-0.3, -0.25) is 4.79 Å². The van der Waals surface area contributed by atoms with Crippen molar-refractivity contribution in [2.45, 2.75) is 18.8 Å². The van der Waals surface area contributed by atoms with Crippen molar-refractivity contribution < 1.29 is 14.6 Å². The van der Waals surface area contributed by atoms with Crippen LogP contribution in [0.15, 0.2) is 28.7 Å². The molecule has 0 radical (unpaired) electrons. The SMILES string of the molecule is CCC(C(=O)O)C1(c2ccccc2Br)COC1. The Kier molecular flexibility index (Phi) is 3.54. The quantitative estimate of drug-likeness (QED) is 0.930. The van der Waals surface area contributed by atoms with Gasteiger partial charge in [0.2, 0.25) is 0 Å². The van der Waals surface area contributed by atoms with Gasteiger partial charge in [-0.2, -0.15) is 0 Å². The second-order valence-electron chi connectivity index (χ2n) is 4.43. The monoisotopic (exact) mass is 298 g/mol. The van der Waals surface area contributed by atoms with E-state index in [1.165, 1.54) is 0 Å². The van der Waals surface area contributed by atoms with Crippen molar-refractivity contribution in [3.05, 3.63) is 34.3 Å². The number of carboxylic acid groups (broad SMARTS) is 1. The van der Waals surface area contributed by atoms with Crippen LogP contribution in [0.5, 0.6) is 0 Å². The molecule has 0 bridgehead atoms. The number of hydrogen-bond donors (Lipinski definition) is 1. The largest absolute Gasteiger partial charge is 0.481 e. The first kappa shape index (κ1) is 12.6. The molecule has 0 aliphatic carbocycles. The number of halogens is 1. The molecule has 92 valence electrons. The summed E-state index contributed by atoms with van der Waals surface area (Å²) in [4.78, 5) is 11.4. The average Bonchev–Trinajstić information content (AvgIpc) is 2.24. The van der Waals surface area contributed by atoms with Crippen LogP contribution in [0.4, 0.5) is 0 Å². The molecule has 1 aromatic rings. The molecule has 4 heteroatoms. The number of aliphatic carboxylic acids is 1. The molecule has 0 aromatic heterocycles. The fourth-order valence-corrected chi connectivity index (χ4v) is 3.21. The fourth-order valence-electron chi connectivity index (χ4n) is 2.53. The summed E-state index contributed by atoms with van der Waals surface area (Å²) in [5.74, 6) is -1.14. The van der Waals surface area contributed by atoms with E-state index in [-0.39, 0.29) is 5.41 Å². The highest BCUT2D eigenvalue weighted by Crippen LogP contribution is 2.44. The molecule has 1 atom stereocenters. The summed E-state index contributed by atoms with van der Waals surface area (Å²) >= 11 is 3.50. The Bertz CT molecular complexity index is 426. The molecule has 1 N–H and O–H groups in total. The molecule has 1 aliphatic heterocycles. The Labute approximate surface area is 109 Å². The molecular formula is C13H15BrO3. The third kappa shape index (κ3) is 2.00. The maximum atomic E-state index is 11.4. The van der Waals surface area contributed by atoms with Gasteiger partial charge in [0.1, 0.15) is 0 Å². The summed E-state index contributed by atoms with van der Waals surface area (Å²) in [6, 6.07) is 7.80. The third-order valence-corrected chi connectivity index (χ3v) is 4.19. The topological polar surface area (TPSA) is 46.5 Å². The highest BCUT2D eigenvalue weighted by Gasteiger charge is 2.50. The van der Waals surface area contributed by atoms with Gasteiger partial charge in [-0.15, -0.1) is 0 Å². The summed E-state index contributed by atoms with van der Waals surface area (Å²) in [5, 5.41) is 9.36. The highest BCUT2D eigenvalue weighted by molar-refractivity contribution is 9.10. The van der Waals surface area contributed by atoms with E-state index in [1.807, 2.05) is 31.2 Å². The van der Waals surface area contributed by atoms with Crippen molar-refractivity contribution in [2.75, 3.05) is 13.2 Å². The predicted octanol–water partition coefficient (Wildman–Crippen LogP) is 2.83. The van der Waals surface area contributed by atoms with E-state index in [9.17, 15) is 9.90 Å². The lowest BCUT2D eigenvalue weighted by molar-refractivity contribution is -0.157. The minimum absolute atomic E-state index is 0.374. The normalized spacial score (nSPS) is 19.4. The van der Waals surface area contributed by atoms with E-state index in [0.717, 1.165) is 10.0 Å². The minimum atomic E-state index is -0.744. The van der Waals surface area contributed by atoms with Crippen LogP contribution in [0.2, 0.25) is 0 Å². The van der Waals surface area contributed by atoms with Gasteiger partial charge in [0.05, 0.1) is 24.5 Å². The van der Waals surface area contributed by atoms with E-state index in [2.05, 4.69) is 15.9 Å². The highest BCUT2D eigenvalue weighted by atomic mass is 79.9. The lowest BCUT2D eigenvalue weighted by atomic mass is 9.67. The maximum absolute atomic E-state index is 11.4. The van der Waals surface area contributed by atoms with Crippen LogP contribution in [0, 0.1) is 5.92 Å². The molecule has 2 rings (SSSR count). The lowest BCUT2D eigenvalue weighted by Gasteiger charge is -2.46. The van der Waals surface area contributed by atoms with Gasteiger partial charge in [-0.25, -0.2) is 0 Å². The third-order valence-electron chi connectivity index (χ3n) is 3.50. The lowest BCUT2D eigenvalue weighted by Crippen LogP contribution is -2.54. The first-order chi connectivity index (χ1) is 8.12. The standard InChI is InChI=1S/C13H15BrO3/c1-2-9(12(15)16)13(7-17-8-13)10-5-3-4-6-11(10)14/h3-6,9H,2,7-8H2,1H3,(H,15,16). The molecule has 0 saturated carbocycles. The van der Waals surface area contributed by atoms with Crippen molar-refractivity contribution in [1.82, 2.24) is 0 Å². The van der Waals surface area contributed by atoms with Crippen molar-refractivity contribution >= 4 is 21.9 Å². The Hall–Kier alpha value is -0.870. The molecule has 0 amide bonds. The molecule has 1 aromatic carbocycles. The molecule has 1 unspecified atom stereocenters. The number of benzene rings is 1. The first-order valence-electron chi connectivity index (χ1n) is 5.67. The number of ether oxygens (including phenoxy) is 1. The molecule has 3 nitrogen and oxygen atoms in total. The summed E-state index contributed by atoms with van der Waals surface area (Å²) in [6.07, 6.45) is 0.611. The van der Waals surface area contributed by atoms with Gasteiger partial charge in [-0.05, 0) is 18.1 Å². The number of hydrogen-bond acceptors (Lipinski definition) is 2.